The van der Waals surface area contributed by atoms with E-state index in [4.69, 9.17) is 9.84 Å². The number of ether oxygens (including phenoxy) is 1. The molecular formula is C12H14BrNO3. The highest BCUT2D eigenvalue weighted by molar-refractivity contribution is 9.10. The monoisotopic (exact) mass is 299 g/mol. The predicted octanol–water partition coefficient (Wildman–Crippen LogP) is 2.19. The molecule has 4 nitrogen and oxygen atoms in total. The molecule has 92 valence electrons. The lowest BCUT2D eigenvalue weighted by Gasteiger charge is -2.15. The number of aliphatic carboxylic acids is 1. The van der Waals surface area contributed by atoms with Gasteiger partial charge in [0.2, 0.25) is 0 Å². The number of hydrogen-bond acceptors (Lipinski definition) is 3. The maximum Gasteiger partial charge on any atom is 0.307 e. The standard InChI is InChI=1S/C12H14BrNO3/c1-17-11-3-2-8(13)5-9(11)10-4-7(6-14-10)12(15)16/h2-3,5,7,10,14H,4,6H2,1H3,(H,15,16). The van der Waals surface area contributed by atoms with E-state index in [-0.39, 0.29) is 12.0 Å². The Labute approximate surface area is 108 Å². The van der Waals surface area contributed by atoms with Gasteiger partial charge in [0.25, 0.3) is 0 Å². The van der Waals surface area contributed by atoms with E-state index in [1.54, 1.807) is 7.11 Å². The largest absolute Gasteiger partial charge is 0.496 e. The molecule has 0 bridgehead atoms. The van der Waals surface area contributed by atoms with Crippen molar-refractivity contribution >= 4 is 21.9 Å². The second-order valence-electron chi connectivity index (χ2n) is 4.12. The molecule has 0 saturated carbocycles. The van der Waals surface area contributed by atoms with E-state index in [2.05, 4.69) is 21.2 Å². The highest BCUT2D eigenvalue weighted by Gasteiger charge is 2.31. The van der Waals surface area contributed by atoms with Gasteiger partial charge in [0.15, 0.2) is 0 Å². The van der Waals surface area contributed by atoms with E-state index >= 15 is 0 Å². The van der Waals surface area contributed by atoms with Crippen LogP contribution in [0.3, 0.4) is 0 Å². The molecule has 2 N–H and O–H groups in total. The Hall–Kier alpha value is -1.07. The number of nitrogens with one attached hydrogen (secondary N) is 1. The summed E-state index contributed by atoms with van der Waals surface area (Å²) in [6.45, 7) is 0.510. The van der Waals surface area contributed by atoms with E-state index in [1.807, 2.05) is 18.2 Å². The quantitative estimate of drug-likeness (QED) is 0.898. The first kappa shape index (κ1) is 12.4. The molecule has 0 spiro atoms. The lowest BCUT2D eigenvalue weighted by atomic mass is 9.99. The Bertz CT molecular complexity index is 436. The summed E-state index contributed by atoms with van der Waals surface area (Å²) in [6.07, 6.45) is 0.599. The van der Waals surface area contributed by atoms with Crippen LogP contribution < -0.4 is 10.1 Å². The fourth-order valence-corrected chi connectivity index (χ4v) is 2.52. The van der Waals surface area contributed by atoms with Gasteiger partial charge < -0.3 is 15.2 Å². The van der Waals surface area contributed by atoms with E-state index in [0.717, 1.165) is 15.8 Å². The molecule has 0 aromatic heterocycles. The Morgan fingerprint density at radius 2 is 2.35 bits per heavy atom. The summed E-state index contributed by atoms with van der Waals surface area (Å²) in [5.74, 6) is -0.269. The third-order valence-corrected chi connectivity index (χ3v) is 3.54. The van der Waals surface area contributed by atoms with Gasteiger partial charge in [-0.2, -0.15) is 0 Å². The van der Waals surface area contributed by atoms with Crippen LogP contribution in [-0.4, -0.2) is 24.7 Å². The summed E-state index contributed by atoms with van der Waals surface area (Å²) in [6, 6.07) is 5.81. The lowest BCUT2D eigenvalue weighted by molar-refractivity contribution is -0.141. The maximum atomic E-state index is 10.9. The van der Waals surface area contributed by atoms with Gasteiger partial charge in [0.05, 0.1) is 13.0 Å². The molecule has 1 aliphatic heterocycles. The van der Waals surface area contributed by atoms with Crippen LogP contribution in [0.1, 0.15) is 18.0 Å². The number of benzene rings is 1. The minimum atomic E-state index is -0.742. The van der Waals surface area contributed by atoms with Crippen LogP contribution in [0.5, 0.6) is 5.75 Å². The van der Waals surface area contributed by atoms with Crippen molar-refractivity contribution in [2.75, 3.05) is 13.7 Å². The minimum absolute atomic E-state index is 0.0450. The van der Waals surface area contributed by atoms with Crippen molar-refractivity contribution in [3.63, 3.8) is 0 Å². The van der Waals surface area contributed by atoms with Crippen LogP contribution in [0.4, 0.5) is 0 Å². The number of carboxylic acid groups (broad SMARTS) is 1. The van der Waals surface area contributed by atoms with Crippen molar-refractivity contribution in [3.8, 4) is 5.75 Å². The van der Waals surface area contributed by atoms with E-state index < -0.39 is 5.97 Å². The normalized spacial score (nSPS) is 23.6. The number of methoxy groups -OCH3 is 1. The summed E-state index contributed by atoms with van der Waals surface area (Å²) in [5, 5.41) is 12.2. The van der Waals surface area contributed by atoms with Crippen molar-refractivity contribution in [2.45, 2.75) is 12.5 Å². The first-order valence-corrected chi connectivity index (χ1v) is 6.20. The van der Waals surface area contributed by atoms with Crippen LogP contribution in [-0.2, 0) is 4.79 Å². The van der Waals surface area contributed by atoms with Crippen molar-refractivity contribution in [2.24, 2.45) is 5.92 Å². The topological polar surface area (TPSA) is 58.6 Å². The summed E-state index contributed by atoms with van der Waals surface area (Å²) in [5.41, 5.74) is 1.01. The second kappa shape index (κ2) is 5.06. The zero-order valence-corrected chi connectivity index (χ0v) is 11.0. The van der Waals surface area contributed by atoms with E-state index in [9.17, 15) is 4.79 Å². The van der Waals surface area contributed by atoms with Gasteiger partial charge in [-0.3, -0.25) is 4.79 Å². The Morgan fingerprint density at radius 3 is 2.94 bits per heavy atom. The average molecular weight is 300 g/mol. The molecule has 1 aromatic rings. The zero-order valence-electron chi connectivity index (χ0n) is 9.44. The predicted molar refractivity (Wildman–Crippen MR) is 67.2 cm³/mol. The van der Waals surface area contributed by atoms with Crippen LogP contribution in [0, 0.1) is 5.92 Å². The highest BCUT2D eigenvalue weighted by Crippen LogP contribution is 2.34. The number of rotatable bonds is 3. The van der Waals surface area contributed by atoms with Crippen LogP contribution in [0.25, 0.3) is 0 Å². The first-order chi connectivity index (χ1) is 8.11. The molecule has 0 radical (unpaired) electrons. The first-order valence-electron chi connectivity index (χ1n) is 5.41. The molecule has 1 saturated heterocycles. The molecule has 1 aromatic carbocycles. The zero-order chi connectivity index (χ0) is 12.4. The van der Waals surface area contributed by atoms with E-state index in [0.29, 0.717) is 13.0 Å². The third-order valence-electron chi connectivity index (χ3n) is 3.05. The maximum absolute atomic E-state index is 10.9. The molecule has 5 heteroatoms. The highest BCUT2D eigenvalue weighted by atomic mass is 79.9. The summed E-state index contributed by atoms with van der Waals surface area (Å²) >= 11 is 3.42. The second-order valence-corrected chi connectivity index (χ2v) is 5.03. The van der Waals surface area contributed by atoms with Gasteiger partial charge in [-0.15, -0.1) is 0 Å². The molecular weight excluding hydrogens is 286 g/mol. The molecule has 2 atom stereocenters. The van der Waals surface area contributed by atoms with Gasteiger partial charge in [-0.05, 0) is 24.6 Å². The van der Waals surface area contributed by atoms with Crippen molar-refractivity contribution < 1.29 is 14.6 Å². The number of halogens is 1. The molecule has 2 rings (SSSR count). The smallest absolute Gasteiger partial charge is 0.307 e. The van der Waals surface area contributed by atoms with Gasteiger partial charge >= 0.3 is 5.97 Å². The van der Waals surface area contributed by atoms with Gasteiger partial charge in [0, 0.05) is 22.6 Å². The SMILES string of the molecule is COc1ccc(Br)cc1C1CC(C(=O)O)CN1. The number of hydrogen-bond donors (Lipinski definition) is 2. The molecule has 1 heterocycles. The fourth-order valence-electron chi connectivity index (χ4n) is 2.14. The fraction of sp³-hybridized carbons (Fsp3) is 0.417. The van der Waals surface area contributed by atoms with Crippen LogP contribution in [0.15, 0.2) is 22.7 Å². The number of carbonyl (C=O) groups is 1. The van der Waals surface area contributed by atoms with Gasteiger partial charge in [0.1, 0.15) is 5.75 Å². The molecule has 2 unspecified atom stereocenters. The Morgan fingerprint density at radius 1 is 1.59 bits per heavy atom. The molecule has 1 fully saturated rings. The van der Waals surface area contributed by atoms with Gasteiger partial charge in [-0.1, -0.05) is 15.9 Å². The lowest BCUT2D eigenvalue weighted by Crippen LogP contribution is -2.17. The summed E-state index contributed by atoms with van der Waals surface area (Å²) < 4.78 is 6.27. The Balaban J connectivity index is 2.23. The summed E-state index contributed by atoms with van der Waals surface area (Å²) in [7, 11) is 1.62. The molecule has 17 heavy (non-hydrogen) atoms. The van der Waals surface area contributed by atoms with Crippen LogP contribution >= 0.6 is 15.9 Å². The Kier molecular flexibility index (Phi) is 3.69. The average Bonchev–Trinajstić information content (AvgIpc) is 2.78. The third kappa shape index (κ3) is 2.61. The van der Waals surface area contributed by atoms with Crippen molar-refractivity contribution in [3.05, 3.63) is 28.2 Å². The molecule has 0 amide bonds. The minimum Gasteiger partial charge on any atom is -0.496 e. The summed E-state index contributed by atoms with van der Waals surface area (Å²) in [4.78, 5) is 10.9. The van der Waals surface area contributed by atoms with Crippen LogP contribution in [0.2, 0.25) is 0 Å². The number of carboxylic acids is 1. The van der Waals surface area contributed by atoms with Crippen molar-refractivity contribution in [1.82, 2.24) is 5.32 Å². The van der Waals surface area contributed by atoms with Gasteiger partial charge in [-0.25, -0.2) is 0 Å². The van der Waals surface area contributed by atoms with Crippen molar-refractivity contribution in [1.29, 1.82) is 0 Å². The molecule has 0 aliphatic carbocycles. The molecule has 1 aliphatic rings. The van der Waals surface area contributed by atoms with E-state index in [1.165, 1.54) is 0 Å².